The Hall–Kier alpha value is -2.83. The van der Waals surface area contributed by atoms with Crippen LogP contribution in [0.4, 0.5) is 0 Å². The first-order valence-corrected chi connectivity index (χ1v) is 10.5. The first-order valence-electron chi connectivity index (χ1n) is 9.70. The predicted octanol–water partition coefficient (Wildman–Crippen LogP) is 4.61. The molecular weight excluding hydrogens is 442 g/mol. The molecule has 0 aliphatic heterocycles. The fraction of sp³-hybridized carbons (Fsp3) is 0.208. The van der Waals surface area contributed by atoms with Gasteiger partial charge in [-0.3, -0.25) is 9.78 Å². The minimum Gasteiger partial charge on any atom is -0.383 e. The molecule has 0 bridgehead atoms. The van der Waals surface area contributed by atoms with Crippen LogP contribution >= 0.6 is 15.9 Å². The molecule has 4 aromatic rings. The van der Waals surface area contributed by atoms with Crippen molar-refractivity contribution in [1.82, 2.24) is 14.5 Å². The van der Waals surface area contributed by atoms with Crippen molar-refractivity contribution >= 4 is 27.0 Å². The molecule has 1 N–H and O–H groups in total. The van der Waals surface area contributed by atoms with Crippen LogP contribution < -0.4 is 5.43 Å². The molecule has 152 valence electrons. The Morgan fingerprint density at radius 3 is 2.60 bits per heavy atom. The van der Waals surface area contributed by atoms with E-state index in [0.717, 1.165) is 32.5 Å². The highest BCUT2D eigenvalue weighted by Gasteiger charge is 2.20. The smallest absolute Gasteiger partial charge is 0.213 e. The molecule has 0 radical (unpaired) electrons. The summed E-state index contributed by atoms with van der Waals surface area (Å²) in [6.45, 7) is 6.42. The Kier molecular flexibility index (Phi) is 5.54. The molecule has 0 spiro atoms. The summed E-state index contributed by atoms with van der Waals surface area (Å²) in [5.41, 5.74) is 5.83. The lowest BCUT2D eigenvalue weighted by atomic mass is 9.98. The standard InChI is InChI=1S/C24H22BrN3O2/c1-14-7-8-17(11-16(14)3)23(29)19-13-28(12-18-5-4-6-20(25)27-18)22-15(2)9-10-26-21(22)24(19)30/h4-11,13,23,29H,12H2,1-3H3. The number of aromatic nitrogens is 3. The zero-order valence-electron chi connectivity index (χ0n) is 17.1. The molecule has 5 nitrogen and oxygen atoms in total. The Bertz CT molecular complexity index is 1310. The van der Waals surface area contributed by atoms with Crippen molar-refractivity contribution < 1.29 is 5.11 Å². The zero-order valence-corrected chi connectivity index (χ0v) is 18.6. The zero-order chi connectivity index (χ0) is 21.4. The number of benzene rings is 1. The lowest BCUT2D eigenvalue weighted by Gasteiger charge is -2.18. The van der Waals surface area contributed by atoms with Gasteiger partial charge in [-0.05, 0) is 77.2 Å². The molecule has 0 saturated heterocycles. The topological polar surface area (TPSA) is 68.0 Å². The van der Waals surface area contributed by atoms with Gasteiger partial charge < -0.3 is 9.67 Å². The van der Waals surface area contributed by atoms with Gasteiger partial charge in [0.05, 0.1) is 23.3 Å². The molecule has 4 rings (SSSR count). The second-order valence-electron chi connectivity index (χ2n) is 7.56. The number of pyridine rings is 3. The fourth-order valence-electron chi connectivity index (χ4n) is 3.65. The monoisotopic (exact) mass is 463 g/mol. The molecule has 0 amide bonds. The summed E-state index contributed by atoms with van der Waals surface area (Å²) in [6, 6.07) is 13.4. The van der Waals surface area contributed by atoms with Crippen molar-refractivity contribution in [2.45, 2.75) is 33.4 Å². The molecule has 1 unspecified atom stereocenters. The Morgan fingerprint density at radius 2 is 1.87 bits per heavy atom. The number of aryl methyl sites for hydroxylation is 3. The second kappa shape index (κ2) is 8.13. The summed E-state index contributed by atoms with van der Waals surface area (Å²) < 4.78 is 2.70. The second-order valence-corrected chi connectivity index (χ2v) is 8.38. The normalized spacial score (nSPS) is 12.3. The third-order valence-electron chi connectivity index (χ3n) is 5.43. The van der Waals surface area contributed by atoms with Crippen LogP contribution in [0.2, 0.25) is 0 Å². The van der Waals surface area contributed by atoms with Crippen molar-refractivity contribution in [3.63, 3.8) is 0 Å². The predicted molar refractivity (Wildman–Crippen MR) is 122 cm³/mol. The van der Waals surface area contributed by atoms with Crippen LogP contribution in [0, 0.1) is 20.8 Å². The quantitative estimate of drug-likeness (QED) is 0.448. The van der Waals surface area contributed by atoms with E-state index in [2.05, 4.69) is 25.9 Å². The maximum absolute atomic E-state index is 13.2. The molecule has 6 heteroatoms. The molecule has 0 aliphatic rings. The van der Waals surface area contributed by atoms with Gasteiger partial charge in [0.15, 0.2) is 0 Å². The van der Waals surface area contributed by atoms with Gasteiger partial charge >= 0.3 is 0 Å². The van der Waals surface area contributed by atoms with Crippen LogP contribution in [0.1, 0.15) is 39.6 Å². The van der Waals surface area contributed by atoms with Gasteiger partial charge in [-0.15, -0.1) is 0 Å². The highest BCUT2D eigenvalue weighted by atomic mass is 79.9. The molecule has 0 fully saturated rings. The third-order valence-corrected chi connectivity index (χ3v) is 5.87. The molecule has 1 aromatic carbocycles. The summed E-state index contributed by atoms with van der Waals surface area (Å²) in [4.78, 5) is 22.1. The van der Waals surface area contributed by atoms with E-state index in [1.807, 2.05) is 67.8 Å². The summed E-state index contributed by atoms with van der Waals surface area (Å²) in [5.74, 6) is 0. The Morgan fingerprint density at radius 1 is 1.07 bits per heavy atom. The van der Waals surface area contributed by atoms with E-state index in [-0.39, 0.29) is 5.43 Å². The van der Waals surface area contributed by atoms with Crippen LogP contribution in [0.3, 0.4) is 0 Å². The van der Waals surface area contributed by atoms with Crippen LogP contribution in [0.15, 0.2) is 64.3 Å². The first kappa shape index (κ1) is 20.4. The molecule has 3 heterocycles. The minimum atomic E-state index is -1.04. The molecule has 3 aromatic heterocycles. The van der Waals surface area contributed by atoms with Gasteiger partial charge in [-0.1, -0.05) is 24.3 Å². The molecule has 0 saturated carbocycles. The number of nitrogens with zero attached hydrogens (tertiary/aromatic N) is 3. The van der Waals surface area contributed by atoms with Gasteiger partial charge in [-0.2, -0.15) is 0 Å². The number of fused-ring (bicyclic) bond motifs is 1. The van der Waals surface area contributed by atoms with Crippen LogP contribution in [0.5, 0.6) is 0 Å². The number of halogens is 1. The van der Waals surface area contributed by atoms with Gasteiger partial charge in [-0.25, -0.2) is 4.98 Å². The highest BCUT2D eigenvalue weighted by molar-refractivity contribution is 9.10. The average molecular weight is 464 g/mol. The van der Waals surface area contributed by atoms with Crippen molar-refractivity contribution in [2.24, 2.45) is 0 Å². The van der Waals surface area contributed by atoms with E-state index in [9.17, 15) is 9.90 Å². The Labute approximate surface area is 183 Å². The maximum atomic E-state index is 13.2. The van der Waals surface area contributed by atoms with E-state index in [4.69, 9.17) is 0 Å². The van der Waals surface area contributed by atoms with Gasteiger partial charge in [0.2, 0.25) is 5.43 Å². The summed E-state index contributed by atoms with van der Waals surface area (Å²) in [5, 5.41) is 11.1. The number of aliphatic hydroxyl groups is 1. The van der Waals surface area contributed by atoms with E-state index in [1.165, 1.54) is 0 Å². The SMILES string of the molecule is Cc1ccc(C(O)c2cn(Cc3cccc(Br)n3)c3c(C)ccnc3c2=O)cc1C. The number of hydrogen-bond donors (Lipinski definition) is 1. The van der Waals surface area contributed by atoms with Crippen LogP contribution in [0.25, 0.3) is 11.0 Å². The van der Waals surface area contributed by atoms with Crippen molar-refractivity contribution in [2.75, 3.05) is 0 Å². The first-order chi connectivity index (χ1) is 14.3. The van der Waals surface area contributed by atoms with E-state index in [0.29, 0.717) is 23.2 Å². The molecule has 0 aliphatic carbocycles. The third kappa shape index (κ3) is 3.80. The van der Waals surface area contributed by atoms with Gasteiger partial charge in [0.1, 0.15) is 16.2 Å². The minimum absolute atomic E-state index is 0.252. The van der Waals surface area contributed by atoms with E-state index >= 15 is 0 Å². The van der Waals surface area contributed by atoms with Gasteiger partial charge in [0.25, 0.3) is 0 Å². The summed E-state index contributed by atoms with van der Waals surface area (Å²) in [6.07, 6.45) is 2.33. The van der Waals surface area contributed by atoms with Crippen LogP contribution in [-0.4, -0.2) is 19.6 Å². The summed E-state index contributed by atoms with van der Waals surface area (Å²) >= 11 is 3.41. The average Bonchev–Trinajstić information content (AvgIpc) is 2.72. The Balaban J connectivity index is 1.91. The number of rotatable bonds is 4. The molecule has 1 atom stereocenters. The molecule has 30 heavy (non-hydrogen) atoms. The molecular formula is C24H22BrN3O2. The summed E-state index contributed by atoms with van der Waals surface area (Å²) in [7, 11) is 0. The maximum Gasteiger partial charge on any atom is 0.213 e. The lowest BCUT2D eigenvalue weighted by molar-refractivity contribution is 0.218. The van der Waals surface area contributed by atoms with E-state index in [1.54, 1.807) is 12.4 Å². The van der Waals surface area contributed by atoms with Gasteiger partial charge in [0, 0.05) is 12.4 Å². The largest absolute Gasteiger partial charge is 0.383 e. The lowest BCUT2D eigenvalue weighted by Crippen LogP contribution is -2.20. The fourth-order valence-corrected chi connectivity index (χ4v) is 4.03. The highest BCUT2D eigenvalue weighted by Crippen LogP contribution is 2.25. The van der Waals surface area contributed by atoms with Crippen molar-refractivity contribution in [3.8, 4) is 0 Å². The van der Waals surface area contributed by atoms with E-state index < -0.39 is 6.10 Å². The number of aliphatic hydroxyl groups excluding tert-OH is 1. The number of hydrogen-bond acceptors (Lipinski definition) is 4. The van der Waals surface area contributed by atoms with Crippen molar-refractivity contribution in [1.29, 1.82) is 0 Å². The van der Waals surface area contributed by atoms with Crippen LogP contribution in [-0.2, 0) is 6.54 Å². The van der Waals surface area contributed by atoms with Crippen molar-refractivity contribution in [3.05, 3.63) is 103 Å².